The van der Waals surface area contributed by atoms with E-state index < -0.39 is 0 Å². The van der Waals surface area contributed by atoms with Crippen LogP contribution in [0.3, 0.4) is 0 Å². The highest BCUT2D eigenvalue weighted by Gasteiger charge is 2.23. The number of hydrogen-bond acceptors (Lipinski definition) is 5. The summed E-state index contributed by atoms with van der Waals surface area (Å²) in [4.78, 5) is 26.5. The quantitative estimate of drug-likeness (QED) is 0.537. The Morgan fingerprint density at radius 2 is 1.73 bits per heavy atom. The summed E-state index contributed by atoms with van der Waals surface area (Å²) in [6.45, 7) is 4.63. The van der Waals surface area contributed by atoms with Gasteiger partial charge < -0.3 is 19.5 Å². The van der Waals surface area contributed by atoms with Crippen LogP contribution in [-0.2, 0) is 24.4 Å². The SMILES string of the molecule is Cc1noc(C)c1COc1ccc(CC(=O)N(C)Cc2ccc(C(=O)NC3CC3)cc2)cc1. The van der Waals surface area contributed by atoms with E-state index in [0.717, 1.165) is 46.7 Å². The van der Waals surface area contributed by atoms with E-state index in [9.17, 15) is 9.59 Å². The fraction of sp³-hybridized carbons (Fsp3) is 0.346. The molecule has 2 aromatic carbocycles. The number of carbonyl (C=O) groups excluding carboxylic acids is 2. The van der Waals surface area contributed by atoms with Gasteiger partial charge in [0.1, 0.15) is 18.1 Å². The van der Waals surface area contributed by atoms with Gasteiger partial charge in [0.2, 0.25) is 5.91 Å². The van der Waals surface area contributed by atoms with Crippen LogP contribution < -0.4 is 10.1 Å². The molecule has 1 saturated carbocycles. The van der Waals surface area contributed by atoms with Crippen molar-refractivity contribution in [2.75, 3.05) is 7.05 Å². The minimum atomic E-state index is -0.0346. The Bertz CT molecular complexity index is 1100. The first kappa shape index (κ1) is 22.6. The lowest BCUT2D eigenvalue weighted by Crippen LogP contribution is -2.28. The van der Waals surface area contributed by atoms with Crippen molar-refractivity contribution in [3.05, 3.63) is 82.2 Å². The molecule has 7 heteroatoms. The summed E-state index contributed by atoms with van der Waals surface area (Å²) < 4.78 is 11.0. The molecule has 1 N–H and O–H groups in total. The Labute approximate surface area is 193 Å². The lowest BCUT2D eigenvalue weighted by Gasteiger charge is -2.18. The predicted octanol–water partition coefficient (Wildman–Crippen LogP) is 3.96. The van der Waals surface area contributed by atoms with Gasteiger partial charge in [-0.15, -0.1) is 0 Å². The molecule has 7 nitrogen and oxygen atoms in total. The molecular weight excluding hydrogens is 418 g/mol. The third-order valence-electron chi connectivity index (χ3n) is 5.82. The van der Waals surface area contributed by atoms with E-state index in [4.69, 9.17) is 9.26 Å². The smallest absolute Gasteiger partial charge is 0.251 e. The van der Waals surface area contributed by atoms with Crippen LogP contribution in [-0.4, -0.2) is 35.0 Å². The number of amides is 2. The van der Waals surface area contributed by atoms with Crippen molar-refractivity contribution in [2.24, 2.45) is 0 Å². The molecular formula is C26H29N3O4. The van der Waals surface area contributed by atoms with E-state index >= 15 is 0 Å². The Morgan fingerprint density at radius 1 is 1.06 bits per heavy atom. The van der Waals surface area contributed by atoms with Crippen LogP contribution >= 0.6 is 0 Å². The fourth-order valence-electron chi connectivity index (χ4n) is 3.50. The van der Waals surface area contributed by atoms with Crippen molar-refractivity contribution in [2.45, 2.75) is 52.3 Å². The van der Waals surface area contributed by atoms with Gasteiger partial charge >= 0.3 is 0 Å². The van der Waals surface area contributed by atoms with Crippen LogP contribution in [0.4, 0.5) is 0 Å². The topological polar surface area (TPSA) is 84.7 Å². The lowest BCUT2D eigenvalue weighted by atomic mass is 10.1. The highest BCUT2D eigenvalue weighted by molar-refractivity contribution is 5.94. The van der Waals surface area contributed by atoms with Crippen molar-refractivity contribution in [1.82, 2.24) is 15.4 Å². The number of aromatic nitrogens is 1. The van der Waals surface area contributed by atoms with Crippen molar-refractivity contribution in [3.8, 4) is 5.75 Å². The second-order valence-electron chi connectivity index (χ2n) is 8.61. The van der Waals surface area contributed by atoms with Gasteiger partial charge in [-0.2, -0.15) is 0 Å². The molecule has 0 radical (unpaired) electrons. The first-order chi connectivity index (χ1) is 15.9. The van der Waals surface area contributed by atoms with E-state index in [1.165, 1.54) is 0 Å². The molecule has 172 valence electrons. The highest BCUT2D eigenvalue weighted by atomic mass is 16.5. The number of hydrogen-bond donors (Lipinski definition) is 1. The Hall–Kier alpha value is -3.61. The molecule has 0 spiro atoms. The van der Waals surface area contributed by atoms with E-state index in [1.54, 1.807) is 11.9 Å². The summed E-state index contributed by atoms with van der Waals surface area (Å²) in [5.74, 6) is 1.47. The molecule has 2 amide bonds. The number of benzene rings is 2. The van der Waals surface area contributed by atoms with Crippen LogP contribution in [0.15, 0.2) is 53.1 Å². The molecule has 0 saturated heterocycles. The number of nitrogens with one attached hydrogen (secondary N) is 1. The summed E-state index contributed by atoms with van der Waals surface area (Å²) >= 11 is 0. The second kappa shape index (κ2) is 9.90. The molecule has 0 atom stereocenters. The number of aryl methyl sites for hydroxylation is 2. The number of carbonyl (C=O) groups is 2. The van der Waals surface area contributed by atoms with Crippen molar-refractivity contribution < 1.29 is 18.8 Å². The van der Waals surface area contributed by atoms with Gasteiger partial charge in [0.05, 0.1) is 17.7 Å². The molecule has 1 aliphatic carbocycles. The summed E-state index contributed by atoms with van der Waals surface area (Å²) in [6, 6.07) is 15.3. The number of likely N-dealkylation sites (N-methyl/N-ethyl adjacent to an activating group) is 1. The monoisotopic (exact) mass is 447 g/mol. The van der Waals surface area contributed by atoms with Crippen LogP contribution in [0.5, 0.6) is 5.75 Å². The minimum absolute atomic E-state index is 0.0231. The zero-order chi connectivity index (χ0) is 23.4. The van der Waals surface area contributed by atoms with Crippen LogP contribution in [0.1, 0.15) is 51.3 Å². The van der Waals surface area contributed by atoms with Gasteiger partial charge in [0.15, 0.2) is 0 Å². The zero-order valence-electron chi connectivity index (χ0n) is 19.3. The van der Waals surface area contributed by atoms with E-state index in [0.29, 0.717) is 31.2 Å². The fourth-order valence-corrected chi connectivity index (χ4v) is 3.50. The molecule has 0 bridgehead atoms. The van der Waals surface area contributed by atoms with Gasteiger partial charge in [0.25, 0.3) is 5.91 Å². The Kier molecular flexibility index (Phi) is 6.77. The number of ether oxygens (including phenoxy) is 1. The van der Waals surface area contributed by atoms with Gasteiger partial charge in [-0.25, -0.2) is 0 Å². The number of nitrogens with zero attached hydrogens (tertiary/aromatic N) is 2. The van der Waals surface area contributed by atoms with Crippen molar-refractivity contribution in [1.29, 1.82) is 0 Å². The molecule has 0 aliphatic heterocycles. The zero-order valence-corrected chi connectivity index (χ0v) is 19.3. The van der Waals surface area contributed by atoms with Crippen molar-refractivity contribution >= 4 is 11.8 Å². The minimum Gasteiger partial charge on any atom is -0.489 e. The summed E-state index contributed by atoms with van der Waals surface area (Å²) in [5.41, 5.74) is 4.33. The predicted molar refractivity (Wildman–Crippen MR) is 124 cm³/mol. The Morgan fingerprint density at radius 3 is 2.33 bits per heavy atom. The van der Waals surface area contributed by atoms with E-state index in [1.807, 2.05) is 62.4 Å². The first-order valence-electron chi connectivity index (χ1n) is 11.2. The molecule has 1 aliphatic rings. The first-order valence-corrected chi connectivity index (χ1v) is 11.2. The van der Waals surface area contributed by atoms with Crippen LogP contribution in [0.25, 0.3) is 0 Å². The second-order valence-corrected chi connectivity index (χ2v) is 8.61. The van der Waals surface area contributed by atoms with Crippen LogP contribution in [0.2, 0.25) is 0 Å². The summed E-state index contributed by atoms with van der Waals surface area (Å²) in [5, 5.41) is 6.91. The third-order valence-corrected chi connectivity index (χ3v) is 5.82. The lowest BCUT2D eigenvalue weighted by molar-refractivity contribution is -0.129. The van der Waals surface area contributed by atoms with Gasteiger partial charge in [-0.1, -0.05) is 29.4 Å². The van der Waals surface area contributed by atoms with Gasteiger partial charge in [-0.3, -0.25) is 9.59 Å². The molecule has 1 heterocycles. The average molecular weight is 448 g/mol. The molecule has 33 heavy (non-hydrogen) atoms. The summed E-state index contributed by atoms with van der Waals surface area (Å²) in [6.07, 6.45) is 2.44. The Balaban J connectivity index is 1.26. The number of rotatable bonds is 9. The maximum atomic E-state index is 12.7. The van der Waals surface area contributed by atoms with Gasteiger partial charge in [-0.05, 0) is 62.1 Å². The summed E-state index contributed by atoms with van der Waals surface area (Å²) in [7, 11) is 1.79. The maximum Gasteiger partial charge on any atom is 0.251 e. The largest absolute Gasteiger partial charge is 0.489 e. The third kappa shape index (κ3) is 6.00. The molecule has 1 fully saturated rings. The molecule has 1 aromatic heterocycles. The molecule has 3 aromatic rings. The normalized spacial score (nSPS) is 12.9. The molecule has 4 rings (SSSR count). The van der Waals surface area contributed by atoms with E-state index in [2.05, 4.69) is 10.5 Å². The van der Waals surface area contributed by atoms with Crippen LogP contribution in [0, 0.1) is 13.8 Å². The maximum absolute atomic E-state index is 12.7. The van der Waals surface area contributed by atoms with Gasteiger partial charge in [0, 0.05) is 25.2 Å². The van der Waals surface area contributed by atoms with E-state index in [-0.39, 0.29) is 11.8 Å². The van der Waals surface area contributed by atoms with Crippen molar-refractivity contribution in [3.63, 3.8) is 0 Å². The standard InChI is InChI=1S/C26H29N3O4/c1-17-24(18(2)33-28-17)16-32-23-12-6-19(7-13-23)14-25(30)29(3)15-20-4-8-21(9-5-20)26(31)27-22-10-11-22/h4-9,12-13,22H,10-11,14-16H2,1-3H3,(H,27,31). The highest BCUT2D eigenvalue weighted by Crippen LogP contribution is 2.20. The molecule has 0 unspecified atom stereocenters. The average Bonchev–Trinajstić information content (AvgIpc) is 3.57.